The second-order valence-electron chi connectivity index (χ2n) is 5.16. The summed E-state index contributed by atoms with van der Waals surface area (Å²) in [5, 5.41) is 8.69. The summed E-state index contributed by atoms with van der Waals surface area (Å²) in [4.78, 5) is 23.2. The van der Waals surface area contributed by atoms with Crippen LogP contribution in [-0.2, 0) is 17.8 Å². The van der Waals surface area contributed by atoms with E-state index in [2.05, 4.69) is 0 Å². The maximum atomic E-state index is 12.6. The van der Waals surface area contributed by atoms with Gasteiger partial charge >= 0.3 is 5.97 Å². The molecule has 0 spiro atoms. The Hall–Kier alpha value is -2.66. The molecule has 0 atom stereocenters. The normalized spacial score (nSPS) is 10.3. The molecule has 0 aliphatic carbocycles. The van der Waals surface area contributed by atoms with E-state index in [4.69, 9.17) is 15.6 Å². The summed E-state index contributed by atoms with van der Waals surface area (Å²) in [7, 11) is 1.52. The molecule has 0 aliphatic heterocycles. The Morgan fingerprint density at radius 2 is 1.74 bits per heavy atom. The van der Waals surface area contributed by atoms with E-state index in [0.717, 1.165) is 11.1 Å². The first-order valence-corrected chi connectivity index (χ1v) is 7.27. The number of ether oxygens (including phenoxy) is 1. The molecule has 5 heteroatoms. The molecule has 23 heavy (non-hydrogen) atoms. The van der Waals surface area contributed by atoms with Crippen LogP contribution in [0.1, 0.15) is 33.5 Å². The van der Waals surface area contributed by atoms with Crippen molar-refractivity contribution in [2.24, 2.45) is 5.73 Å². The van der Waals surface area contributed by atoms with Gasteiger partial charge in [0.1, 0.15) is 5.75 Å². The zero-order valence-electron chi connectivity index (χ0n) is 12.9. The number of carbonyl (C=O) groups excluding carboxylic acids is 1. The highest BCUT2D eigenvalue weighted by molar-refractivity contribution is 6.10. The molecule has 2 rings (SSSR count). The second kappa shape index (κ2) is 7.56. The lowest BCUT2D eigenvalue weighted by Crippen LogP contribution is -2.06. The number of benzene rings is 2. The molecule has 0 aromatic heterocycles. The lowest BCUT2D eigenvalue weighted by molar-refractivity contribution is -0.136. The molecule has 0 fully saturated rings. The lowest BCUT2D eigenvalue weighted by atomic mass is 9.99. The van der Waals surface area contributed by atoms with Crippen molar-refractivity contribution in [3.63, 3.8) is 0 Å². The topological polar surface area (TPSA) is 89.6 Å². The molecule has 5 nitrogen and oxygen atoms in total. The zero-order chi connectivity index (χ0) is 16.8. The van der Waals surface area contributed by atoms with Gasteiger partial charge in [-0.05, 0) is 29.7 Å². The highest BCUT2D eigenvalue weighted by atomic mass is 16.5. The van der Waals surface area contributed by atoms with Gasteiger partial charge in [-0.25, -0.2) is 0 Å². The average Bonchev–Trinajstić information content (AvgIpc) is 2.59. The molecular weight excluding hydrogens is 294 g/mol. The quantitative estimate of drug-likeness (QED) is 0.766. The van der Waals surface area contributed by atoms with Crippen molar-refractivity contribution in [2.45, 2.75) is 19.4 Å². The van der Waals surface area contributed by atoms with Crippen LogP contribution in [0.15, 0.2) is 42.5 Å². The highest BCUT2D eigenvalue weighted by Crippen LogP contribution is 2.23. The van der Waals surface area contributed by atoms with Crippen molar-refractivity contribution in [1.29, 1.82) is 0 Å². The molecule has 0 saturated carbocycles. The number of rotatable bonds is 7. The van der Waals surface area contributed by atoms with Crippen LogP contribution in [0.2, 0.25) is 0 Å². The first-order valence-electron chi connectivity index (χ1n) is 7.27. The maximum absolute atomic E-state index is 12.6. The minimum absolute atomic E-state index is 0.0711. The van der Waals surface area contributed by atoms with Crippen LogP contribution in [0.5, 0.6) is 5.75 Å². The van der Waals surface area contributed by atoms with E-state index in [9.17, 15) is 9.59 Å². The number of carboxylic acid groups (broad SMARTS) is 1. The molecule has 3 N–H and O–H groups in total. The Morgan fingerprint density at radius 1 is 1.09 bits per heavy atom. The van der Waals surface area contributed by atoms with Gasteiger partial charge in [0.05, 0.1) is 12.7 Å². The standard InChI is InChI=1S/C18H19NO4/c1-23-16-10-13(11-19)4-8-15(16)18(22)14-6-2-12(3-7-14)5-9-17(20)21/h2-4,6-8,10H,5,9,11,19H2,1H3,(H,20,21). The number of ketones is 1. The van der Waals surface area contributed by atoms with Crippen molar-refractivity contribution in [3.05, 3.63) is 64.7 Å². The van der Waals surface area contributed by atoms with Crippen LogP contribution < -0.4 is 10.5 Å². The van der Waals surface area contributed by atoms with E-state index in [-0.39, 0.29) is 12.2 Å². The predicted molar refractivity (Wildman–Crippen MR) is 86.7 cm³/mol. The fourth-order valence-corrected chi connectivity index (χ4v) is 2.28. The number of methoxy groups -OCH3 is 1. The van der Waals surface area contributed by atoms with Gasteiger partial charge in [-0.1, -0.05) is 30.3 Å². The summed E-state index contributed by atoms with van der Waals surface area (Å²) in [5.41, 5.74) is 8.38. The van der Waals surface area contributed by atoms with E-state index in [0.29, 0.717) is 29.8 Å². The maximum Gasteiger partial charge on any atom is 0.303 e. The largest absolute Gasteiger partial charge is 0.496 e. The van der Waals surface area contributed by atoms with Crippen molar-refractivity contribution < 1.29 is 19.4 Å². The molecule has 120 valence electrons. The van der Waals surface area contributed by atoms with E-state index in [1.807, 2.05) is 0 Å². The SMILES string of the molecule is COc1cc(CN)ccc1C(=O)c1ccc(CCC(=O)O)cc1. The Kier molecular flexibility index (Phi) is 5.49. The minimum atomic E-state index is -0.838. The first-order chi connectivity index (χ1) is 11.0. The zero-order valence-corrected chi connectivity index (χ0v) is 12.9. The number of aryl methyl sites for hydroxylation is 1. The number of carbonyl (C=O) groups is 2. The Labute approximate surface area is 134 Å². The van der Waals surface area contributed by atoms with Gasteiger partial charge < -0.3 is 15.6 Å². The van der Waals surface area contributed by atoms with Crippen molar-refractivity contribution in [3.8, 4) is 5.75 Å². The summed E-state index contributed by atoms with van der Waals surface area (Å²) in [6.07, 6.45) is 0.514. The summed E-state index contributed by atoms with van der Waals surface area (Å²) < 4.78 is 5.28. The molecule has 0 unspecified atom stereocenters. The smallest absolute Gasteiger partial charge is 0.303 e. The van der Waals surface area contributed by atoms with Crippen molar-refractivity contribution >= 4 is 11.8 Å². The summed E-state index contributed by atoms with van der Waals surface area (Å²) in [6.45, 7) is 0.378. The van der Waals surface area contributed by atoms with Gasteiger partial charge in [0, 0.05) is 18.5 Å². The summed E-state index contributed by atoms with van der Waals surface area (Å²) in [5.74, 6) is -0.488. The van der Waals surface area contributed by atoms with E-state index in [1.54, 1.807) is 42.5 Å². The lowest BCUT2D eigenvalue weighted by Gasteiger charge is -2.10. The van der Waals surface area contributed by atoms with Crippen molar-refractivity contribution in [1.82, 2.24) is 0 Å². The third kappa shape index (κ3) is 4.17. The number of hydrogen-bond acceptors (Lipinski definition) is 4. The molecule has 2 aromatic rings. The average molecular weight is 313 g/mol. The fourth-order valence-electron chi connectivity index (χ4n) is 2.28. The molecule has 0 radical (unpaired) electrons. The third-order valence-corrected chi connectivity index (χ3v) is 3.59. The van der Waals surface area contributed by atoms with Gasteiger partial charge in [0.2, 0.25) is 0 Å². The molecule has 0 heterocycles. The van der Waals surface area contributed by atoms with E-state index < -0.39 is 5.97 Å². The number of hydrogen-bond donors (Lipinski definition) is 2. The van der Waals surface area contributed by atoms with Crippen LogP contribution in [0.4, 0.5) is 0 Å². The second-order valence-corrected chi connectivity index (χ2v) is 5.16. The Bertz CT molecular complexity index is 707. The van der Waals surface area contributed by atoms with E-state index >= 15 is 0 Å². The Balaban J connectivity index is 2.21. The molecular formula is C18H19NO4. The molecule has 0 bridgehead atoms. The van der Waals surface area contributed by atoms with Crippen LogP contribution in [0, 0.1) is 0 Å². The van der Waals surface area contributed by atoms with E-state index in [1.165, 1.54) is 7.11 Å². The molecule has 0 amide bonds. The Morgan fingerprint density at radius 3 is 2.30 bits per heavy atom. The number of carboxylic acids is 1. The van der Waals surface area contributed by atoms with Crippen LogP contribution in [0.3, 0.4) is 0 Å². The highest BCUT2D eigenvalue weighted by Gasteiger charge is 2.15. The summed E-state index contributed by atoms with van der Waals surface area (Å²) >= 11 is 0. The molecule has 0 aliphatic rings. The van der Waals surface area contributed by atoms with Crippen molar-refractivity contribution in [2.75, 3.05) is 7.11 Å². The molecule has 2 aromatic carbocycles. The van der Waals surface area contributed by atoms with Gasteiger partial charge in [0.25, 0.3) is 0 Å². The van der Waals surface area contributed by atoms with Crippen LogP contribution >= 0.6 is 0 Å². The van der Waals surface area contributed by atoms with Gasteiger partial charge in [-0.3, -0.25) is 9.59 Å². The van der Waals surface area contributed by atoms with Gasteiger partial charge in [-0.15, -0.1) is 0 Å². The van der Waals surface area contributed by atoms with Crippen LogP contribution in [-0.4, -0.2) is 24.0 Å². The number of aliphatic carboxylic acids is 1. The monoisotopic (exact) mass is 313 g/mol. The van der Waals surface area contributed by atoms with Gasteiger partial charge in [-0.2, -0.15) is 0 Å². The van der Waals surface area contributed by atoms with Gasteiger partial charge in [0.15, 0.2) is 5.78 Å². The fraction of sp³-hybridized carbons (Fsp3) is 0.222. The third-order valence-electron chi connectivity index (χ3n) is 3.59. The number of nitrogens with two attached hydrogens (primary N) is 1. The minimum Gasteiger partial charge on any atom is -0.496 e. The van der Waals surface area contributed by atoms with Crippen LogP contribution in [0.25, 0.3) is 0 Å². The predicted octanol–water partition coefficient (Wildman–Crippen LogP) is 2.40. The first kappa shape index (κ1) is 16.7. The molecule has 0 saturated heterocycles. The summed E-state index contributed by atoms with van der Waals surface area (Å²) in [6, 6.07) is 12.2.